The van der Waals surface area contributed by atoms with Gasteiger partial charge in [0.05, 0.1) is 0 Å². The lowest BCUT2D eigenvalue weighted by molar-refractivity contribution is 0.530. The molecule has 15 heavy (non-hydrogen) atoms. The van der Waals surface area contributed by atoms with Crippen molar-refractivity contribution < 1.29 is 0 Å². The summed E-state index contributed by atoms with van der Waals surface area (Å²) < 4.78 is 1.08. The molecular weight excluding hydrogens is 196 g/mol. The number of rotatable bonds is 4. The number of aromatic nitrogens is 3. The fourth-order valence-corrected chi connectivity index (χ4v) is 1.21. The summed E-state index contributed by atoms with van der Waals surface area (Å²) in [5.74, 6) is 0.240. The zero-order valence-electron chi connectivity index (χ0n) is 9.20. The summed E-state index contributed by atoms with van der Waals surface area (Å²) in [4.78, 5) is 29.2. The molecule has 1 aromatic rings. The molecule has 0 aromatic carbocycles. The molecule has 0 aliphatic rings. The standard InChI is InChI=1S/C9H16N4O2/c1-4-5-10-7-11-8(14)13(6(2)3)9(15)12-7/h6H,4-5H2,1-3H3,(H2,10,11,12,14,15). The fraction of sp³-hybridized carbons (Fsp3) is 0.667. The van der Waals surface area contributed by atoms with E-state index in [4.69, 9.17) is 0 Å². The number of anilines is 1. The van der Waals surface area contributed by atoms with Crippen LogP contribution in [0.3, 0.4) is 0 Å². The number of nitrogens with zero attached hydrogens (tertiary/aromatic N) is 2. The fourth-order valence-electron chi connectivity index (χ4n) is 1.21. The summed E-state index contributed by atoms with van der Waals surface area (Å²) >= 11 is 0. The Morgan fingerprint density at radius 3 is 2.60 bits per heavy atom. The Bertz CT molecular complexity index is 401. The molecule has 0 unspecified atom stereocenters. The van der Waals surface area contributed by atoms with Crippen LogP contribution >= 0.6 is 0 Å². The molecule has 0 fully saturated rings. The third-order valence-corrected chi connectivity index (χ3v) is 1.92. The van der Waals surface area contributed by atoms with E-state index in [0.717, 1.165) is 11.0 Å². The summed E-state index contributed by atoms with van der Waals surface area (Å²) in [6.45, 7) is 6.18. The normalized spacial score (nSPS) is 10.7. The van der Waals surface area contributed by atoms with E-state index in [2.05, 4.69) is 15.3 Å². The SMILES string of the molecule is CCCNc1nc(=O)n(C(C)C)c(=O)[nH]1. The first-order valence-electron chi connectivity index (χ1n) is 5.03. The smallest absolute Gasteiger partial charge is 0.355 e. The molecule has 0 amide bonds. The highest BCUT2D eigenvalue weighted by Gasteiger charge is 2.07. The highest BCUT2D eigenvalue weighted by Crippen LogP contribution is 1.95. The molecule has 1 heterocycles. The third-order valence-electron chi connectivity index (χ3n) is 1.92. The monoisotopic (exact) mass is 212 g/mol. The van der Waals surface area contributed by atoms with Crippen molar-refractivity contribution in [3.05, 3.63) is 21.0 Å². The minimum atomic E-state index is -0.521. The van der Waals surface area contributed by atoms with Crippen LogP contribution in [-0.2, 0) is 0 Å². The number of aromatic amines is 1. The largest absolute Gasteiger partial charge is 0.356 e. The van der Waals surface area contributed by atoms with E-state index in [1.54, 1.807) is 13.8 Å². The average Bonchev–Trinajstić information content (AvgIpc) is 2.12. The molecule has 6 nitrogen and oxygen atoms in total. The Balaban J connectivity index is 3.09. The van der Waals surface area contributed by atoms with Crippen LogP contribution in [0, 0.1) is 0 Å². The molecule has 0 aliphatic carbocycles. The van der Waals surface area contributed by atoms with Gasteiger partial charge in [0.2, 0.25) is 5.95 Å². The van der Waals surface area contributed by atoms with Crippen LogP contribution in [0.1, 0.15) is 33.2 Å². The lowest BCUT2D eigenvalue weighted by atomic mass is 10.4. The lowest BCUT2D eigenvalue weighted by Crippen LogP contribution is -2.38. The number of hydrogen-bond acceptors (Lipinski definition) is 4. The van der Waals surface area contributed by atoms with Gasteiger partial charge in [0.15, 0.2) is 0 Å². The van der Waals surface area contributed by atoms with Crippen LogP contribution in [0.5, 0.6) is 0 Å². The van der Waals surface area contributed by atoms with E-state index < -0.39 is 11.4 Å². The first kappa shape index (κ1) is 11.5. The molecule has 0 spiro atoms. The van der Waals surface area contributed by atoms with Gasteiger partial charge >= 0.3 is 11.4 Å². The zero-order chi connectivity index (χ0) is 11.4. The van der Waals surface area contributed by atoms with Gasteiger partial charge in [-0.05, 0) is 20.3 Å². The van der Waals surface area contributed by atoms with Gasteiger partial charge < -0.3 is 5.32 Å². The van der Waals surface area contributed by atoms with Crippen LogP contribution in [-0.4, -0.2) is 21.1 Å². The Labute approximate surface area is 87.4 Å². The third kappa shape index (κ3) is 2.68. The van der Waals surface area contributed by atoms with Gasteiger partial charge in [-0.15, -0.1) is 0 Å². The molecule has 0 aliphatic heterocycles. The van der Waals surface area contributed by atoms with Crippen molar-refractivity contribution >= 4 is 5.95 Å². The molecule has 0 bridgehead atoms. The molecule has 0 saturated heterocycles. The summed E-state index contributed by atoms with van der Waals surface area (Å²) in [7, 11) is 0. The molecule has 1 rings (SSSR count). The van der Waals surface area contributed by atoms with Crippen molar-refractivity contribution in [1.29, 1.82) is 0 Å². The van der Waals surface area contributed by atoms with Gasteiger partial charge in [0.1, 0.15) is 0 Å². The summed E-state index contributed by atoms with van der Waals surface area (Å²) in [5, 5.41) is 2.86. The second-order valence-corrected chi connectivity index (χ2v) is 3.56. The van der Waals surface area contributed by atoms with E-state index in [0.29, 0.717) is 6.54 Å². The first-order chi connectivity index (χ1) is 7.06. The average molecular weight is 212 g/mol. The topological polar surface area (TPSA) is 79.8 Å². The first-order valence-corrected chi connectivity index (χ1v) is 5.03. The van der Waals surface area contributed by atoms with Crippen molar-refractivity contribution in [1.82, 2.24) is 14.5 Å². The van der Waals surface area contributed by atoms with Gasteiger partial charge in [0.25, 0.3) is 0 Å². The van der Waals surface area contributed by atoms with Gasteiger partial charge in [0, 0.05) is 12.6 Å². The maximum Gasteiger partial charge on any atom is 0.355 e. The highest BCUT2D eigenvalue weighted by molar-refractivity contribution is 5.20. The lowest BCUT2D eigenvalue weighted by Gasteiger charge is -2.08. The van der Waals surface area contributed by atoms with Crippen LogP contribution in [0.2, 0.25) is 0 Å². The van der Waals surface area contributed by atoms with E-state index >= 15 is 0 Å². The highest BCUT2D eigenvalue weighted by atomic mass is 16.2. The Hall–Kier alpha value is -1.59. The van der Waals surface area contributed by atoms with E-state index in [9.17, 15) is 9.59 Å². The minimum absolute atomic E-state index is 0.186. The van der Waals surface area contributed by atoms with Crippen LogP contribution in [0.4, 0.5) is 5.95 Å². The van der Waals surface area contributed by atoms with Gasteiger partial charge in [-0.25, -0.2) is 14.2 Å². The predicted molar refractivity (Wildman–Crippen MR) is 58.3 cm³/mol. The second kappa shape index (κ2) is 4.77. The van der Waals surface area contributed by atoms with E-state index in [-0.39, 0.29) is 12.0 Å². The van der Waals surface area contributed by atoms with Gasteiger partial charge in [-0.1, -0.05) is 6.92 Å². The number of hydrogen-bond donors (Lipinski definition) is 2. The second-order valence-electron chi connectivity index (χ2n) is 3.56. The zero-order valence-corrected chi connectivity index (χ0v) is 9.20. The maximum absolute atomic E-state index is 11.5. The number of H-pyrrole nitrogens is 1. The van der Waals surface area contributed by atoms with Crippen LogP contribution in [0.15, 0.2) is 9.59 Å². The maximum atomic E-state index is 11.5. The van der Waals surface area contributed by atoms with Crippen LogP contribution < -0.4 is 16.7 Å². The van der Waals surface area contributed by atoms with Crippen molar-refractivity contribution in [2.24, 2.45) is 0 Å². The van der Waals surface area contributed by atoms with Crippen molar-refractivity contribution in [2.45, 2.75) is 33.2 Å². The Morgan fingerprint density at radius 2 is 2.13 bits per heavy atom. The van der Waals surface area contributed by atoms with Gasteiger partial charge in [-0.2, -0.15) is 4.98 Å². The van der Waals surface area contributed by atoms with Crippen molar-refractivity contribution in [3.63, 3.8) is 0 Å². The molecule has 6 heteroatoms. The Morgan fingerprint density at radius 1 is 1.47 bits per heavy atom. The molecule has 1 aromatic heterocycles. The van der Waals surface area contributed by atoms with E-state index in [1.165, 1.54) is 0 Å². The summed E-state index contributed by atoms with van der Waals surface area (Å²) in [6, 6.07) is -0.186. The van der Waals surface area contributed by atoms with Crippen molar-refractivity contribution in [3.8, 4) is 0 Å². The van der Waals surface area contributed by atoms with Crippen molar-refractivity contribution in [2.75, 3.05) is 11.9 Å². The van der Waals surface area contributed by atoms with E-state index in [1.807, 2.05) is 6.92 Å². The number of nitrogens with one attached hydrogen (secondary N) is 2. The van der Waals surface area contributed by atoms with Gasteiger partial charge in [-0.3, -0.25) is 4.98 Å². The molecular formula is C9H16N4O2. The quantitative estimate of drug-likeness (QED) is 0.754. The molecule has 2 N–H and O–H groups in total. The molecule has 84 valence electrons. The molecule has 0 atom stereocenters. The Kier molecular flexibility index (Phi) is 3.65. The molecule has 0 radical (unpaired) electrons. The summed E-state index contributed by atoms with van der Waals surface area (Å²) in [5.41, 5.74) is -0.948. The van der Waals surface area contributed by atoms with Crippen LogP contribution in [0.25, 0.3) is 0 Å². The summed E-state index contributed by atoms with van der Waals surface area (Å²) in [6.07, 6.45) is 0.900. The molecule has 0 saturated carbocycles. The predicted octanol–water partition coefficient (Wildman–Crippen LogP) is 0.334. The minimum Gasteiger partial charge on any atom is -0.356 e.